The van der Waals surface area contributed by atoms with Crippen LogP contribution in [0.1, 0.15) is 32.4 Å². The van der Waals surface area contributed by atoms with E-state index in [2.05, 4.69) is 4.98 Å². The molecule has 3 heterocycles. The highest BCUT2D eigenvalue weighted by atomic mass is 32.1. The molecule has 3 aromatic heterocycles. The highest BCUT2D eigenvalue weighted by Crippen LogP contribution is 2.28. The molecule has 0 unspecified atom stereocenters. The third-order valence-electron chi connectivity index (χ3n) is 3.75. The molecule has 0 bridgehead atoms. The molecule has 0 aliphatic carbocycles. The van der Waals surface area contributed by atoms with Crippen LogP contribution in [0.15, 0.2) is 52.5 Å². The molecule has 0 saturated heterocycles. The van der Waals surface area contributed by atoms with Crippen molar-refractivity contribution in [3.8, 4) is 0 Å². The molecule has 3 rings (SSSR count). The van der Waals surface area contributed by atoms with Gasteiger partial charge in [-0.25, -0.2) is 4.98 Å². The fourth-order valence-electron chi connectivity index (χ4n) is 2.50. The molecule has 0 radical (unpaired) electrons. The van der Waals surface area contributed by atoms with E-state index >= 15 is 0 Å². The van der Waals surface area contributed by atoms with Crippen LogP contribution >= 0.6 is 11.3 Å². The van der Waals surface area contributed by atoms with Gasteiger partial charge < -0.3 is 9.32 Å². The summed E-state index contributed by atoms with van der Waals surface area (Å²) in [6, 6.07) is 9.24. The lowest BCUT2D eigenvalue weighted by molar-refractivity contribution is -0.141. The van der Waals surface area contributed by atoms with E-state index in [-0.39, 0.29) is 17.8 Å². The van der Waals surface area contributed by atoms with Gasteiger partial charge in [-0.15, -0.1) is 11.3 Å². The second-order valence-electron chi connectivity index (χ2n) is 5.65. The molecular formula is C18H15F3N2O2S. The van der Waals surface area contributed by atoms with Gasteiger partial charge in [0.15, 0.2) is 0 Å². The smallest absolute Gasteiger partial charge is 0.433 e. The minimum Gasteiger partial charge on any atom is -0.467 e. The van der Waals surface area contributed by atoms with Crippen LogP contribution in [-0.4, -0.2) is 15.8 Å². The molecule has 0 spiro atoms. The van der Waals surface area contributed by atoms with Crippen LogP contribution in [0.25, 0.3) is 0 Å². The summed E-state index contributed by atoms with van der Waals surface area (Å²) in [5.41, 5.74) is -0.830. The SMILES string of the molecule is Cc1nc(C(F)(F)F)ccc1C(=O)N(Cc1ccco1)Cc1cccs1. The van der Waals surface area contributed by atoms with Gasteiger partial charge in [-0.3, -0.25) is 4.79 Å². The fourth-order valence-corrected chi connectivity index (χ4v) is 3.22. The Kier molecular flexibility index (Phi) is 5.13. The van der Waals surface area contributed by atoms with Gasteiger partial charge in [0.1, 0.15) is 11.5 Å². The maximum absolute atomic E-state index is 12.9. The van der Waals surface area contributed by atoms with E-state index in [1.54, 1.807) is 12.1 Å². The van der Waals surface area contributed by atoms with E-state index in [0.29, 0.717) is 12.3 Å². The molecule has 0 saturated carbocycles. The second-order valence-corrected chi connectivity index (χ2v) is 6.68. The van der Waals surface area contributed by atoms with E-state index in [1.807, 2.05) is 17.5 Å². The van der Waals surface area contributed by atoms with Crippen LogP contribution in [0, 0.1) is 6.92 Å². The van der Waals surface area contributed by atoms with Gasteiger partial charge in [-0.2, -0.15) is 13.2 Å². The maximum Gasteiger partial charge on any atom is 0.433 e. The second kappa shape index (κ2) is 7.33. The highest BCUT2D eigenvalue weighted by molar-refractivity contribution is 7.09. The standard InChI is InChI=1S/C18H15F3N2O2S/c1-12-15(6-7-16(22-12)18(19,20)21)17(24)23(10-13-4-2-8-25-13)11-14-5-3-9-26-14/h2-9H,10-11H2,1H3. The summed E-state index contributed by atoms with van der Waals surface area (Å²) < 4.78 is 43.7. The Bertz CT molecular complexity index is 838. The zero-order chi connectivity index (χ0) is 18.7. The Morgan fingerprint density at radius 3 is 2.58 bits per heavy atom. The quantitative estimate of drug-likeness (QED) is 0.632. The predicted molar refractivity (Wildman–Crippen MR) is 90.6 cm³/mol. The van der Waals surface area contributed by atoms with Gasteiger partial charge in [-0.05, 0) is 42.6 Å². The van der Waals surface area contributed by atoms with Crippen molar-refractivity contribution in [3.63, 3.8) is 0 Å². The molecule has 8 heteroatoms. The Hall–Kier alpha value is -2.61. The molecular weight excluding hydrogens is 365 g/mol. The number of rotatable bonds is 5. The van der Waals surface area contributed by atoms with E-state index in [1.165, 1.54) is 35.5 Å². The number of carbonyl (C=O) groups is 1. The Morgan fingerprint density at radius 2 is 2.00 bits per heavy atom. The molecule has 3 aromatic rings. The van der Waals surface area contributed by atoms with E-state index in [9.17, 15) is 18.0 Å². The number of hydrogen-bond acceptors (Lipinski definition) is 4. The summed E-state index contributed by atoms with van der Waals surface area (Å²) in [7, 11) is 0. The molecule has 26 heavy (non-hydrogen) atoms. The molecule has 0 aromatic carbocycles. The first-order chi connectivity index (χ1) is 12.3. The number of halogens is 3. The van der Waals surface area contributed by atoms with Crippen molar-refractivity contribution in [3.05, 3.63) is 75.6 Å². The third-order valence-corrected chi connectivity index (χ3v) is 4.61. The number of carbonyl (C=O) groups excluding carboxylic acids is 1. The minimum atomic E-state index is -4.54. The maximum atomic E-state index is 12.9. The number of nitrogens with zero attached hydrogens (tertiary/aromatic N) is 2. The van der Waals surface area contributed by atoms with Crippen molar-refractivity contribution >= 4 is 17.2 Å². The number of amides is 1. The lowest BCUT2D eigenvalue weighted by atomic mass is 10.1. The summed E-state index contributed by atoms with van der Waals surface area (Å²) in [5, 5.41) is 1.90. The summed E-state index contributed by atoms with van der Waals surface area (Å²) in [4.78, 5) is 19.0. The molecule has 0 aliphatic heterocycles. The zero-order valence-corrected chi connectivity index (χ0v) is 14.6. The molecule has 0 fully saturated rings. The van der Waals surface area contributed by atoms with Crippen LogP contribution in [0.5, 0.6) is 0 Å². The first-order valence-electron chi connectivity index (χ1n) is 7.73. The number of alkyl halides is 3. The van der Waals surface area contributed by atoms with Crippen LogP contribution in [0.2, 0.25) is 0 Å². The van der Waals surface area contributed by atoms with E-state index in [4.69, 9.17) is 4.42 Å². The van der Waals surface area contributed by atoms with Crippen LogP contribution < -0.4 is 0 Å². The van der Waals surface area contributed by atoms with Gasteiger partial charge in [0.05, 0.1) is 30.6 Å². The van der Waals surface area contributed by atoms with Gasteiger partial charge in [0, 0.05) is 4.88 Å². The average Bonchev–Trinajstić information content (AvgIpc) is 3.26. The molecule has 4 nitrogen and oxygen atoms in total. The highest BCUT2D eigenvalue weighted by Gasteiger charge is 2.33. The topological polar surface area (TPSA) is 46.3 Å². The zero-order valence-electron chi connectivity index (χ0n) is 13.8. The Balaban J connectivity index is 1.89. The predicted octanol–water partition coefficient (Wildman–Crippen LogP) is 4.91. The van der Waals surface area contributed by atoms with Crippen molar-refractivity contribution in [2.24, 2.45) is 0 Å². The van der Waals surface area contributed by atoms with Gasteiger partial charge in [0.2, 0.25) is 0 Å². The number of pyridine rings is 1. The van der Waals surface area contributed by atoms with Gasteiger partial charge in [0.25, 0.3) is 5.91 Å². The van der Waals surface area contributed by atoms with Gasteiger partial charge >= 0.3 is 6.18 Å². The first-order valence-corrected chi connectivity index (χ1v) is 8.61. The largest absolute Gasteiger partial charge is 0.467 e. The summed E-state index contributed by atoms with van der Waals surface area (Å²) in [6.45, 7) is 1.94. The number of hydrogen-bond donors (Lipinski definition) is 0. The fraction of sp³-hybridized carbons (Fsp3) is 0.222. The number of aryl methyl sites for hydroxylation is 1. The minimum absolute atomic E-state index is 0.0421. The number of furan rings is 1. The molecule has 0 aliphatic rings. The average molecular weight is 380 g/mol. The van der Waals surface area contributed by atoms with Crippen molar-refractivity contribution in [2.75, 3.05) is 0 Å². The Labute approximate surface area is 151 Å². The van der Waals surface area contributed by atoms with Crippen LogP contribution in [0.4, 0.5) is 13.2 Å². The van der Waals surface area contributed by atoms with E-state index in [0.717, 1.165) is 10.9 Å². The van der Waals surface area contributed by atoms with Crippen molar-refractivity contribution in [1.29, 1.82) is 0 Å². The lowest BCUT2D eigenvalue weighted by Crippen LogP contribution is -2.30. The number of thiophene rings is 1. The van der Waals surface area contributed by atoms with E-state index < -0.39 is 17.8 Å². The molecule has 0 atom stereocenters. The Morgan fingerprint density at radius 1 is 1.19 bits per heavy atom. The summed E-state index contributed by atoms with van der Waals surface area (Å²) in [5.74, 6) is 0.195. The normalized spacial score (nSPS) is 11.5. The molecule has 136 valence electrons. The van der Waals surface area contributed by atoms with Crippen molar-refractivity contribution in [2.45, 2.75) is 26.2 Å². The molecule has 0 N–H and O–H groups in total. The first kappa shape index (κ1) is 18.2. The van der Waals surface area contributed by atoms with Gasteiger partial charge in [-0.1, -0.05) is 6.07 Å². The summed E-state index contributed by atoms with van der Waals surface area (Å²) in [6.07, 6.45) is -3.04. The van der Waals surface area contributed by atoms with Crippen LogP contribution in [-0.2, 0) is 19.3 Å². The lowest BCUT2D eigenvalue weighted by Gasteiger charge is -2.22. The molecule has 1 amide bonds. The van der Waals surface area contributed by atoms with Crippen molar-refractivity contribution < 1.29 is 22.4 Å². The third kappa shape index (κ3) is 4.13. The van der Waals surface area contributed by atoms with Crippen LogP contribution in [0.3, 0.4) is 0 Å². The van der Waals surface area contributed by atoms with Crippen molar-refractivity contribution in [1.82, 2.24) is 9.88 Å². The number of aromatic nitrogens is 1. The summed E-state index contributed by atoms with van der Waals surface area (Å²) >= 11 is 1.50. The monoisotopic (exact) mass is 380 g/mol.